The Kier molecular flexibility index (Phi) is 43.2. The SMILES string of the molecule is CCCCCCCCCCCCCCCCCCCCCC(=O)O[C@H](COC(=O)CCCCCCCCC)COC(=O)CCCCCCCCCCC(C)CC. The van der Waals surface area contributed by atoms with Crippen molar-refractivity contribution in [2.45, 2.75) is 284 Å². The third-order valence-electron chi connectivity index (χ3n) is 11.7. The van der Waals surface area contributed by atoms with Crippen LogP contribution in [0.15, 0.2) is 0 Å². The number of rotatable bonds is 45. The van der Waals surface area contributed by atoms with Gasteiger partial charge in [0.2, 0.25) is 0 Å². The average molecular weight is 793 g/mol. The molecule has 0 aliphatic rings. The molecule has 0 aliphatic heterocycles. The second-order valence-electron chi connectivity index (χ2n) is 17.3. The van der Waals surface area contributed by atoms with E-state index < -0.39 is 6.10 Å². The van der Waals surface area contributed by atoms with E-state index in [-0.39, 0.29) is 31.1 Å². The number of hydrogen-bond acceptors (Lipinski definition) is 6. The Morgan fingerprint density at radius 2 is 0.625 bits per heavy atom. The Bertz CT molecular complexity index is 843. The summed E-state index contributed by atoms with van der Waals surface area (Å²) in [5, 5.41) is 0. The van der Waals surface area contributed by atoms with Crippen LogP contribution in [0.2, 0.25) is 0 Å². The molecule has 332 valence electrons. The van der Waals surface area contributed by atoms with Crippen molar-refractivity contribution < 1.29 is 28.6 Å². The van der Waals surface area contributed by atoms with Crippen LogP contribution in [-0.2, 0) is 28.6 Å². The lowest BCUT2D eigenvalue weighted by molar-refractivity contribution is -0.167. The maximum Gasteiger partial charge on any atom is 0.306 e. The molecule has 0 heterocycles. The van der Waals surface area contributed by atoms with Gasteiger partial charge >= 0.3 is 17.9 Å². The predicted octanol–water partition coefficient (Wildman–Crippen LogP) is 15.9. The van der Waals surface area contributed by atoms with E-state index in [1.54, 1.807) is 0 Å². The molecule has 6 heteroatoms. The van der Waals surface area contributed by atoms with Crippen molar-refractivity contribution in [1.82, 2.24) is 0 Å². The number of hydrogen-bond donors (Lipinski definition) is 0. The minimum Gasteiger partial charge on any atom is -0.462 e. The van der Waals surface area contributed by atoms with Crippen molar-refractivity contribution in [3.05, 3.63) is 0 Å². The normalized spacial score (nSPS) is 12.4. The number of carbonyl (C=O) groups is 3. The van der Waals surface area contributed by atoms with Crippen LogP contribution in [0.25, 0.3) is 0 Å². The zero-order chi connectivity index (χ0) is 41.0. The number of ether oxygens (including phenoxy) is 3. The third-order valence-corrected chi connectivity index (χ3v) is 11.7. The molecular formula is C50H96O6. The van der Waals surface area contributed by atoms with Gasteiger partial charge in [-0.15, -0.1) is 0 Å². The van der Waals surface area contributed by atoms with Gasteiger partial charge in [0.15, 0.2) is 6.10 Å². The lowest BCUT2D eigenvalue weighted by Gasteiger charge is -2.18. The number of carbonyl (C=O) groups excluding carboxylic acids is 3. The van der Waals surface area contributed by atoms with E-state index in [1.165, 1.54) is 173 Å². The van der Waals surface area contributed by atoms with E-state index in [4.69, 9.17) is 14.2 Å². The topological polar surface area (TPSA) is 78.9 Å². The molecule has 6 nitrogen and oxygen atoms in total. The Morgan fingerprint density at radius 3 is 0.929 bits per heavy atom. The molecule has 0 N–H and O–H groups in total. The first-order valence-corrected chi connectivity index (χ1v) is 24.9. The predicted molar refractivity (Wildman–Crippen MR) is 238 cm³/mol. The van der Waals surface area contributed by atoms with Crippen molar-refractivity contribution in [2.75, 3.05) is 13.2 Å². The first-order chi connectivity index (χ1) is 27.4. The van der Waals surface area contributed by atoms with E-state index in [0.29, 0.717) is 19.3 Å². The standard InChI is InChI=1S/C50H96O6/c1-5-8-10-12-14-15-16-17-18-19-20-21-22-23-24-25-31-35-39-43-50(53)56-47(44-54-48(51)41-37-33-28-13-11-9-6-2)45-55-49(52)42-38-34-30-27-26-29-32-36-40-46(4)7-3/h46-47H,5-45H2,1-4H3/t46?,47-/m1/s1. The fourth-order valence-electron chi connectivity index (χ4n) is 7.48. The van der Waals surface area contributed by atoms with Crippen LogP contribution >= 0.6 is 0 Å². The molecule has 0 fully saturated rings. The molecule has 0 saturated heterocycles. The number of esters is 3. The summed E-state index contributed by atoms with van der Waals surface area (Å²) >= 11 is 0. The van der Waals surface area contributed by atoms with Gasteiger partial charge in [0.05, 0.1) is 0 Å². The van der Waals surface area contributed by atoms with E-state index >= 15 is 0 Å². The average Bonchev–Trinajstić information content (AvgIpc) is 3.19. The largest absolute Gasteiger partial charge is 0.462 e. The van der Waals surface area contributed by atoms with Gasteiger partial charge < -0.3 is 14.2 Å². The van der Waals surface area contributed by atoms with Crippen molar-refractivity contribution in [3.63, 3.8) is 0 Å². The Balaban J connectivity index is 4.19. The molecule has 2 atom stereocenters. The van der Waals surface area contributed by atoms with Crippen LogP contribution in [0.4, 0.5) is 0 Å². The Labute approximate surface area is 348 Å². The van der Waals surface area contributed by atoms with Crippen molar-refractivity contribution in [3.8, 4) is 0 Å². The Morgan fingerprint density at radius 1 is 0.357 bits per heavy atom. The summed E-state index contributed by atoms with van der Waals surface area (Å²) in [5.41, 5.74) is 0. The van der Waals surface area contributed by atoms with E-state index in [1.807, 2.05) is 0 Å². The molecule has 0 spiro atoms. The molecule has 1 unspecified atom stereocenters. The van der Waals surface area contributed by atoms with E-state index in [2.05, 4.69) is 27.7 Å². The number of unbranched alkanes of at least 4 members (excludes halogenated alkanes) is 31. The van der Waals surface area contributed by atoms with Crippen LogP contribution in [-0.4, -0.2) is 37.2 Å². The van der Waals surface area contributed by atoms with Crippen LogP contribution in [0.1, 0.15) is 278 Å². The van der Waals surface area contributed by atoms with Gasteiger partial charge in [-0.05, 0) is 25.2 Å². The van der Waals surface area contributed by atoms with Crippen LogP contribution < -0.4 is 0 Å². The molecule has 0 saturated carbocycles. The summed E-state index contributed by atoms with van der Waals surface area (Å²) in [6.07, 6.45) is 45.3. The minimum absolute atomic E-state index is 0.0644. The quantitative estimate of drug-likeness (QED) is 0.0347. The summed E-state index contributed by atoms with van der Waals surface area (Å²) in [6, 6.07) is 0. The lowest BCUT2D eigenvalue weighted by atomic mass is 9.99. The maximum absolute atomic E-state index is 12.7. The molecule has 0 bridgehead atoms. The molecule has 56 heavy (non-hydrogen) atoms. The van der Waals surface area contributed by atoms with Gasteiger partial charge in [0, 0.05) is 19.3 Å². The lowest BCUT2D eigenvalue weighted by Crippen LogP contribution is -2.30. The second-order valence-corrected chi connectivity index (χ2v) is 17.3. The molecule has 0 amide bonds. The summed E-state index contributed by atoms with van der Waals surface area (Å²) in [4.78, 5) is 37.7. The van der Waals surface area contributed by atoms with Gasteiger partial charge in [-0.1, -0.05) is 240 Å². The third kappa shape index (κ3) is 42.0. The monoisotopic (exact) mass is 793 g/mol. The van der Waals surface area contributed by atoms with Gasteiger partial charge in [0.1, 0.15) is 13.2 Å². The highest BCUT2D eigenvalue weighted by atomic mass is 16.6. The zero-order valence-electron chi connectivity index (χ0n) is 38.1. The molecular weight excluding hydrogens is 697 g/mol. The van der Waals surface area contributed by atoms with Crippen LogP contribution in [0, 0.1) is 5.92 Å². The van der Waals surface area contributed by atoms with Gasteiger partial charge in [-0.3, -0.25) is 14.4 Å². The first kappa shape index (κ1) is 54.4. The van der Waals surface area contributed by atoms with Crippen molar-refractivity contribution >= 4 is 17.9 Å². The van der Waals surface area contributed by atoms with Gasteiger partial charge in [-0.25, -0.2) is 0 Å². The molecule has 0 aromatic heterocycles. The molecule has 0 rings (SSSR count). The highest BCUT2D eigenvalue weighted by molar-refractivity contribution is 5.71. The smallest absolute Gasteiger partial charge is 0.306 e. The van der Waals surface area contributed by atoms with Crippen molar-refractivity contribution in [1.29, 1.82) is 0 Å². The molecule has 0 aromatic rings. The molecule has 0 radical (unpaired) electrons. The minimum atomic E-state index is -0.759. The highest BCUT2D eigenvalue weighted by Gasteiger charge is 2.19. The summed E-state index contributed by atoms with van der Waals surface area (Å²) in [6.45, 7) is 8.98. The zero-order valence-corrected chi connectivity index (χ0v) is 38.1. The highest BCUT2D eigenvalue weighted by Crippen LogP contribution is 2.17. The molecule has 0 aromatic carbocycles. The van der Waals surface area contributed by atoms with Crippen LogP contribution in [0.3, 0.4) is 0 Å². The Hall–Kier alpha value is -1.59. The van der Waals surface area contributed by atoms with Gasteiger partial charge in [0.25, 0.3) is 0 Å². The van der Waals surface area contributed by atoms with Crippen molar-refractivity contribution in [2.24, 2.45) is 5.92 Å². The summed E-state index contributed by atoms with van der Waals surface area (Å²) < 4.78 is 16.7. The maximum atomic E-state index is 12.7. The second kappa shape index (κ2) is 44.5. The summed E-state index contributed by atoms with van der Waals surface area (Å²) in [5.74, 6) is -0.00870. The van der Waals surface area contributed by atoms with E-state index in [0.717, 1.165) is 63.7 Å². The van der Waals surface area contributed by atoms with E-state index in [9.17, 15) is 14.4 Å². The first-order valence-electron chi connectivity index (χ1n) is 24.9. The fourth-order valence-corrected chi connectivity index (χ4v) is 7.48. The molecule has 0 aliphatic carbocycles. The van der Waals surface area contributed by atoms with Gasteiger partial charge in [-0.2, -0.15) is 0 Å². The fraction of sp³-hybridized carbons (Fsp3) is 0.940. The van der Waals surface area contributed by atoms with Crippen LogP contribution in [0.5, 0.6) is 0 Å². The summed E-state index contributed by atoms with van der Waals surface area (Å²) in [7, 11) is 0.